The van der Waals surface area contributed by atoms with Gasteiger partial charge in [0.25, 0.3) is 5.91 Å². The minimum atomic E-state index is -0.0817. The van der Waals surface area contributed by atoms with Crippen LogP contribution in [-0.4, -0.2) is 16.9 Å². The summed E-state index contributed by atoms with van der Waals surface area (Å²) < 4.78 is 0. The fraction of sp³-hybridized carbons (Fsp3) is 0.455. The van der Waals surface area contributed by atoms with Crippen molar-refractivity contribution in [1.82, 2.24) is 10.3 Å². The van der Waals surface area contributed by atoms with Gasteiger partial charge in [-0.2, -0.15) is 0 Å². The summed E-state index contributed by atoms with van der Waals surface area (Å²) >= 11 is 0. The van der Waals surface area contributed by atoms with E-state index in [0.29, 0.717) is 17.3 Å². The van der Waals surface area contributed by atoms with Gasteiger partial charge in [-0.1, -0.05) is 12.8 Å². The van der Waals surface area contributed by atoms with Crippen molar-refractivity contribution < 1.29 is 4.79 Å². The first-order valence-electron chi connectivity index (χ1n) is 5.28. The van der Waals surface area contributed by atoms with Crippen LogP contribution in [0.25, 0.3) is 0 Å². The molecule has 0 unspecified atom stereocenters. The molecule has 0 radical (unpaired) electrons. The molecule has 1 saturated carbocycles. The van der Waals surface area contributed by atoms with Gasteiger partial charge in [0.05, 0.1) is 17.4 Å². The molecule has 0 saturated heterocycles. The number of hydrogen-bond acceptors (Lipinski definition) is 3. The smallest absolute Gasteiger partial charge is 0.253 e. The molecule has 4 heteroatoms. The Bertz CT molecular complexity index is 359. The van der Waals surface area contributed by atoms with Gasteiger partial charge in [0, 0.05) is 12.2 Å². The minimum Gasteiger partial charge on any atom is -0.397 e. The lowest BCUT2D eigenvalue weighted by Gasteiger charge is -2.12. The van der Waals surface area contributed by atoms with Crippen molar-refractivity contribution in [2.75, 3.05) is 5.73 Å². The van der Waals surface area contributed by atoms with Crippen LogP contribution in [-0.2, 0) is 0 Å². The summed E-state index contributed by atoms with van der Waals surface area (Å²) in [4.78, 5) is 15.7. The molecule has 1 aliphatic rings. The van der Waals surface area contributed by atoms with Crippen molar-refractivity contribution in [2.24, 2.45) is 0 Å². The van der Waals surface area contributed by atoms with E-state index in [-0.39, 0.29) is 5.91 Å². The number of hydrogen-bond donors (Lipinski definition) is 2. The predicted octanol–water partition coefficient (Wildman–Crippen LogP) is 1.34. The number of nitrogens with two attached hydrogens (primary N) is 1. The number of nitrogens with zero attached hydrogens (tertiary/aromatic N) is 1. The second-order valence-corrected chi connectivity index (χ2v) is 3.92. The van der Waals surface area contributed by atoms with E-state index in [9.17, 15) is 4.79 Å². The summed E-state index contributed by atoms with van der Waals surface area (Å²) in [5.74, 6) is -0.0817. The average molecular weight is 205 g/mol. The van der Waals surface area contributed by atoms with E-state index >= 15 is 0 Å². The highest BCUT2D eigenvalue weighted by atomic mass is 16.1. The van der Waals surface area contributed by atoms with Gasteiger partial charge < -0.3 is 11.1 Å². The number of amides is 1. The zero-order chi connectivity index (χ0) is 10.7. The summed E-state index contributed by atoms with van der Waals surface area (Å²) in [7, 11) is 0. The maximum absolute atomic E-state index is 11.8. The van der Waals surface area contributed by atoms with Gasteiger partial charge in [-0.25, -0.2) is 0 Å². The molecule has 0 aliphatic heterocycles. The third-order valence-corrected chi connectivity index (χ3v) is 2.79. The van der Waals surface area contributed by atoms with Crippen molar-refractivity contribution in [3.05, 3.63) is 24.0 Å². The Morgan fingerprint density at radius 3 is 2.87 bits per heavy atom. The molecular weight excluding hydrogens is 190 g/mol. The second kappa shape index (κ2) is 4.29. The number of nitrogen functional groups attached to an aromatic ring is 1. The zero-order valence-corrected chi connectivity index (χ0v) is 8.57. The molecule has 0 aromatic carbocycles. The number of pyridine rings is 1. The van der Waals surface area contributed by atoms with Crippen LogP contribution in [0.4, 0.5) is 5.69 Å². The van der Waals surface area contributed by atoms with E-state index in [1.54, 1.807) is 12.3 Å². The third-order valence-electron chi connectivity index (χ3n) is 2.79. The van der Waals surface area contributed by atoms with Crippen LogP contribution in [0, 0.1) is 0 Å². The van der Waals surface area contributed by atoms with E-state index < -0.39 is 0 Å². The quantitative estimate of drug-likeness (QED) is 0.765. The SMILES string of the molecule is Nc1cnccc1C(=O)NC1CCCC1. The van der Waals surface area contributed by atoms with Gasteiger partial charge in [-0.15, -0.1) is 0 Å². The summed E-state index contributed by atoms with van der Waals surface area (Å²) in [6, 6.07) is 1.98. The summed E-state index contributed by atoms with van der Waals surface area (Å²) in [6.07, 6.45) is 7.66. The molecular formula is C11H15N3O. The zero-order valence-electron chi connectivity index (χ0n) is 8.57. The molecule has 1 heterocycles. The maximum atomic E-state index is 11.8. The molecule has 1 aromatic heterocycles. The normalized spacial score (nSPS) is 16.5. The van der Waals surface area contributed by atoms with Crippen molar-refractivity contribution in [3.63, 3.8) is 0 Å². The lowest BCUT2D eigenvalue weighted by atomic mass is 10.2. The first-order valence-corrected chi connectivity index (χ1v) is 5.28. The Balaban J connectivity index is 2.04. The first kappa shape index (κ1) is 9.96. The molecule has 80 valence electrons. The van der Waals surface area contributed by atoms with E-state index in [2.05, 4.69) is 10.3 Å². The summed E-state index contributed by atoms with van der Waals surface area (Å²) in [5, 5.41) is 2.99. The van der Waals surface area contributed by atoms with Gasteiger partial charge in [0.2, 0.25) is 0 Å². The lowest BCUT2D eigenvalue weighted by Crippen LogP contribution is -2.33. The molecule has 1 aromatic rings. The molecule has 4 nitrogen and oxygen atoms in total. The van der Waals surface area contributed by atoms with Crippen LogP contribution in [0.15, 0.2) is 18.5 Å². The Hall–Kier alpha value is -1.58. The van der Waals surface area contributed by atoms with Crippen LogP contribution in [0.5, 0.6) is 0 Å². The molecule has 0 spiro atoms. The fourth-order valence-electron chi connectivity index (χ4n) is 1.95. The number of rotatable bonds is 2. The van der Waals surface area contributed by atoms with E-state index in [4.69, 9.17) is 5.73 Å². The Labute approximate surface area is 88.9 Å². The topological polar surface area (TPSA) is 68.0 Å². The molecule has 2 rings (SSSR count). The minimum absolute atomic E-state index is 0.0817. The highest BCUT2D eigenvalue weighted by Gasteiger charge is 2.18. The number of anilines is 1. The van der Waals surface area contributed by atoms with E-state index in [0.717, 1.165) is 12.8 Å². The Morgan fingerprint density at radius 1 is 1.47 bits per heavy atom. The highest BCUT2D eigenvalue weighted by Crippen LogP contribution is 2.18. The molecule has 1 fully saturated rings. The van der Waals surface area contributed by atoms with Crippen molar-refractivity contribution in [1.29, 1.82) is 0 Å². The molecule has 3 N–H and O–H groups in total. The summed E-state index contributed by atoms with van der Waals surface area (Å²) in [6.45, 7) is 0. The molecule has 1 aliphatic carbocycles. The molecule has 1 amide bonds. The van der Waals surface area contributed by atoms with Crippen LogP contribution in [0.1, 0.15) is 36.0 Å². The second-order valence-electron chi connectivity index (χ2n) is 3.92. The monoisotopic (exact) mass is 205 g/mol. The van der Waals surface area contributed by atoms with Gasteiger partial charge in [-0.3, -0.25) is 9.78 Å². The van der Waals surface area contributed by atoms with Gasteiger partial charge in [0.1, 0.15) is 0 Å². The Kier molecular flexibility index (Phi) is 2.85. The molecule has 0 atom stereocenters. The standard InChI is InChI=1S/C11H15N3O/c12-10-7-13-6-5-9(10)11(15)14-8-3-1-2-4-8/h5-8H,1-4,12H2,(H,14,15). The fourth-order valence-corrected chi connectivity index (χ4v) is 1.95. The number of carbonyl (C=O) groups excluding carboxylic acids is 1. The number of nitrogens with one attached hydrogen (secondary N) is 1. The van der Waals surface area contributed by atoms with Gasteiger partial charge in [-0.05, 0) is 18.9 Å². The van der Waals surface area contributed by atoms with Gasteiger partial charge >= 0.3 is 0 Å². The van der Waals surface area contributed by atoms with Crippen LogP contribution in [0.2, 0.25) is 0 Å². The van der Waals surface area contributed by atoms with E-state index in [1.165, 1.54) is 19.0 Å². The predicted molar refractivity (Wildman–Crippen MR) is 58.4 cm³/mol. The Morgan fingerprint density at radius 2 is 2.20 bits per heavy atom. The highest BCUT2D eigenvalue weighted by molar-refractivity contribution is 5.98. The van der Waals surface area contributed by atoms with Crippen LogP contribution < -0.4 is 11.1 Å². The molecule has 0 bridgehead atoms. The van der Waals surface area contributed by atoms with Crippen molar-refractivity contribution in [3.8, 4) is 0 Å². The average Bonchev–Trinajstić information content (AvgIpc) is 2.71. The van der Waals surface area contributed by atoms with Crippen LogP contribution in [0.3, 0.4) is 0 Å². The van der Waals surface area contributed by atoms with Crippen molar-refractivity contribution >= 4 is 11.6 Å². The number of aromatic nitrogens is 1. The largest absolute Gasteiger partial charge is 0.397 e. The number of carbonyl (C=O) groups is 1. The maximum Gasteiger partial charge on any atom is 0.253 e. The van der Waals surface area contributed by atoms with E-state index in [1.807, 2.05) is 0 Å². The van der Waals surface area contributed by atoms with Gasteiger partial charge in [0.15, 0.2) is 0 Å². The van der Waals surface area contributed by atoms with Crippen molar-refractivity contribution in [2.45, 2.75) is 31.7 Å². The van der Waals surface area contributed by atoms with Crippen LogP contribution >= 0.6 is 0 Å². The first-order chi connectivity index (χ1) is 7.27. The third kappa shape index (κ3) is 2.26. The molecule has 15 heavy (non-hydrogen) atoms. The lowest BCUT2D eigenvalue weighted by molar-refractivity contribution is 0.0938. The summed E-state index contributed by atoms with van der Waals surface area (Å²) in [5.41, 5.74) is 6.64.